The summed E-state index contributed by atoms with van der Waals surface area (Å²) in [6, 6.07) is 0. The summed E-state index contributed by atoms with van der Waals surface area (Å²) in [6.07, 6.45) is 6.77. The summed E-state index contributed by atoms with van der Waals surface area (Å²) in [4.78, 5) is 0. The van der Waals surface area contributed by atoms with Crippen molar-refractivity contribution < 1.29 is 4.74 Å². The Kier molecular flexibility index (Phi) is 1.90. The molecule has 0 amide bonds. The first-order chi connectivity index (χ1) is 5.23. The lowest BCUT2D eigenvalue weighted by Gasteiger charge is -2.54. The zero-order valence-corrected chi connectivity index (χ0v) is 7.98. The van der Waals surface area contributed by atoms with Crippen LogP contribution in [0.2, 0.25) is 0 Å². The summed E-state index contributed by atoms with van der Waals surface area (Å²) in [5.74, 6) is 1.79. The quantitative estimate of drug-likeness (QED) is 0.629. The predicted octanol–water partition coefficient (Wildman–Crippen LogP) is 1.67. The molecule has 2 N–H and O–H groups in total. The second kappa shape index (κ2) is 2.60. The molecule has 2 saturated heterocycles. The summed E-state index contributed by atoms with van der Waals surface area (Å²) in [5.41, 5.74) is 5.90. The Hall–Kier alpha value is 0.210. The average molecular weight is 190 g/mol. The molecule has 2 aliphatic heterocycles. The number of hydrogen-bond donors (Lipinski definition) is 1. The Morgan fingerprint density at radius 1 is 1.08 bits per heavy atom. The van der Waals surface area contributed by atoms with Gasteiger partial charge in [0, 0.05) is 0 Å². The largest absolute Gasteiger partial charge is 0.358 e. The number of hydrogen-bond acceptors (Lipinski definition) is 2. The highest BCUT2D eigenvalue weighted by molar-refractivity contribution is 5.85. The van der Waals surface area contributed by atoms with E-state index in [4.69, 9.17) is 10.5 Å². The molecule has 4 bridgehead atoms. The van der Waals surface area contributed by atoms with Crippen LogP contribution in [0, 0.1) is 11.8 Å². The van der Waals surface area contributed by atoms with E-state index in [-0.39, 0.29) is 18.1 Å². The van der Waals surface area contributed by atoms with Crippen LogP contribution in [0.1, 0.15) is 32.1 Å². The highest BCUT2D eigenvalue weighted by Gasteiger charge is 2.49. The first-order valence-corrected chi connectivity index (χ1v) is 4.70. The topological polar surface area (TPSA) is 35.2 Å². The van der Waals surface area contributed by atoms with Crippen LogP contribution < -0.4 is 5.73 Å². The second-order valence-corrected chi connectivity index (χ2v) is 4.65. The maximum atomic E-state index is 6.10. The second-order valence-electron chi connectivity index (χ2n) is 4.65. The standard InChI is InChI=1S/C9H15NO.ClH/c10-9-4-6-1-7(5-9)3-8(2-6)11-9;/h6-8H,1-5,10H2;1H. The zero-order chi connectivity index (χ0) is 7.47. The summed E-state index contributed by atoms with van der Waals surface area (Å²) >= 11 is 0. The molecule has 12 heavy (non-hydrogen) atoms. The summed E-state index contributed by atoms with van der Waals surface area (Å²) < 4.78 is 5.79. The molecule has 2 atom stereocenters. The summed E-state index contributed by atoms with van der Waals surface area (Å²) in [6.45, 7) is 0. The van der Waals surface area contributed by atoms with E-state index in [9.17, 15) is 0 Å². The Bertz CT molecular complexity index is 160. The minimum atomic E-state index is -0.200. The van der Waals surface area contributed by atoms with Gasteiger partial charge in [-0.1, -0.05) is 0 Å². The van der Waals surface area contributed by atoms with Gasteiger partial charge >= 0.3 is 0 Å². The van der Waals surface area contributed by atoms with Crippen molar-refractivity contribution in [2.75, 3.05) is 0 Å². The average Bonchev–Trinajstić information content (AvgIpc) is 1.79. The van der Waals surface area contributed by atoms with Crippen molar-refractivity contribution in [1.29, 1.82) is 0 Å². The van der Waals surface area contributed by atoms with Crippen molar-refractivity contribution in [3.05, 3.63) is 0 Å². The Balaban J connectivity index is 0.000000563. The first kappa shape index (κ1) is 8.79. The molecule has 70 valence electrons. The van der Waals surface area contributed by atoms with Crippen molar-refractivity contribution in [2.45, 2.75) is 43.9 Å². The molecule has 0 aromatic rings. The number of ether oxygens (including phenoxy) is 1. The van der Waals surface area contributed by atoms with Crippen molar-refractivity contribution >= 4 is 12.4 Å². The monoisotopic (exact) mass is 189 g/mol. The third-order valence-corrected chi connectivity index (χ3v) is 3.53. The van der Waals surface area contributed by atoms with Gasteiger partial charge in [-0.3, -0.25) is 0 Å². The number of nitrogens with two attached hydrogens (primary N) is 1. The predicted molar refractivity (Wildman–Crippen MR) is 49.1 cm³/mol. The lowest BCUT2D eigenvalue weighted by atomic mass is 9.65. The van der Waals surface area contributed by atoms with Crippen molar-refractivity contribution in [2.24, 2.45) is 17.6 Å². The van der Waals surface area contributed by atoms with E-state index in [1.807, 2.05) is 0 Å². The molecule has 3 heteroatoms. The van der Waals surface area contributed by atoms with E-state index >= 15 is 0 Å². The Morgan fingerprint density at radius 2 is 1.67 bits per heavy atom. The minimum absolute atomic E-state index is 0. The van der Waals surface area contributed by atoms with Gasteiger partial charge in [-0.2, -0.15) is 0 Å². The van der Waals surface area contributed by atoms with Crippen LogP contribution in [0.3, 0.4) is 0 Å². The molecule has 2 nitrogen and oxygen atoms in total. The Labute approximate surface area is 79.2 Å². The zero-order valence-electron chi connectivity index (χ0n) is 7.16. The van der Waals surface area contributed by atoms with Crippen LogP contribution in [-0.4, -0.2) is 11.8 Å². The molecule has 2 heterocycles. The summed E-state index contributed by atoms with van der Waals surface area (Å²) in [5, 5.41) is 0. The van der Waals surface area contributed by atoms with Crippen LogP contribution in [0.4, 0.5) is 0 Å². The smallest absolute Gasteiger partial charge is 0.117 e. The lowest BCUT2D eigenvalue weighted by Crippen LogP contribution is -2.59. The molecular formula is C9H16ClNO. The van der Waals surface area contributed by atoms with Gasteiger partial charge in [0.2, 0.25) is 0 Å². The molecule has 4 aliphatic rings. The third-order valence-electron chi connectivity index (χ3n) is 3.53. The molecular weight excluding hydrogens is 174 g/mol. The minimum Gasteiger partial charge on any atom is -0.358 e. The first-order valence-electron chi connectivity index (χ1n) is 4.70. The molecule has 2 unspecified atom stereocenters. The Morgan fingerprint density at radius 3 is 2.08 bits per heavy atom. The SMILES string of the molecule is Cl.NC12CC3CC(CC(C3)O1)C2. The normalized spacial score (nSPS) is 55.2. The maximum absolute atomic E-state index is 6.10. The van der Waals surface area contributed by atoms with E-state index in [2.05, 4.69) is 0 Å². The van der Waals surface area contributed by atoms with Gasteiger partial charge in [0.25, 0.3) is 0 Å². The van der Waals surface area contributed by atoms with Gasteiger partial charge < -0.3 is 10.5 Å². The van der Waals surface area contributed by atoms with Gasteiger partial charge in [0.1, 0.15) is 5.72 Å². The van der Waals surface area contributed by atoms with E-state index in [0.717, 1.165) is 24.7 Å². The molecule has 0 aromatic carbocycles. The fourth-order valence-electron chi connectivity index (χ4n) is 3.42. The van der Waals surface area contributed by atoms with Crippen molar-refractivity contribution in [1.82, 2.24) is 0 Å². The molecule has 2 aliphatic carbocycles. The molecule has 0 spiro atoms. The summed E-state index contributed by atoms with van der Waals surface area (Å²) in [7, 11) is 0. The fraction of sp³-hybridized carbons (Fsp3) is 1.00. The van der Waals surface area contributed by atoms with Crippen LogP contribution >= 0.6 is 12.4 Å². The number of halogens is 1. The van der Waals surface area contributed by atoms with Gasteiger partial charge in [-0.25, -0.2) is 0 Å². The highest BCUT2D eigenvalue weighted by Crippen LogP contribution is 2.50. The van der Waals surface area contributed by atoms with Gasteiger partial charge in [0.15, 0.2) is 0 Å². The van der Waals surface area contributed by atoms with Crippen LogP contribution in [0.25, 0.3) is 0 Å². The van der Waals surface area contributed by atoms with Gasteiger partial charge in [0.05, 0.1) is 6.10 Å². The number of rotatable bonds is 0. The lowest BCUT2D eigenvalue weighted by molar-refractivity contribution is -0.216. The van der Waals surface area contributed by atoms with E-state index in [1.165, 1.54) is 19.3 Å². The maximum Gasteiger partial charge on any atom is 0.117 e. The molecule has 2 saturated carbocycles. The van der Waals surface area contributed by atoms with Gasteiger partial charge in [-0.15, -0.1) is 12.4 Å². The third kappa shape index (κ3) is 1.17. The molecule has 0 aromatic heterocycles. The van der Waals surface area contributed by atoms with Crippen LogP contribution in [-0.2, 0) is 4.74 Å². The molecule has 0 radical (unpaired) electrons. The van der Waals surface area contributed by atoms with Crippen LogP contribution in [0.5, 0.6) is 0 Å². The van der Waals surface area contributed by atoms with E-state index in [0.29, 0.717) is 6.10 Å². The van der Waals surface area contributed by atoms with E-state index < -0.39 is 0 Å². The van der Waals surface area contributed by atoms with Crippen molar-refractivity contribution in [3.8, 4) is 0 Å². The molecule has 4 fully saturated rings. The van der Waals surface area contributed by atoms with Crippen molar-refractivity contribution in [3.63, 3.8) is 0 Å². The van der Waals surface area contributed by atoms with Crippen LogP contribution in [0.15, 0.2) is 0 Å². The molecule has 4 rings (SSSR count). The highest BCUT2D eigenvalue weighted by atomic mass is 35.5. The van der Waals surface area contributed by atoms with E-state index in [1.54, 1.807) is 0 Å². The van der Waals surface area contributed by atoms with Gasteiger partial charge in [-0.05, 0) is 43.9 Å². The fourth-order valence-corrected chi connectivity index (χ4v) is 3.42.